The molecular weight excluding hydrogens is 759 g/mol. The molecule has 6 rings (SSSR count). The van der Waals surface area contributed by atoms with Crippen LogP contribution in [0.2, 0.25) is 0 Å². The van der Waals surface area contributed by atoms with E-state index in [0.29, 0.717) is 37.3 Å². The lowest BCUT2D eigenvalue weighted by atomic mass is 9.91. The van der Waals surface area contributed by atoms with Crippen molar-refractivity contribution in [2.75, 3.05) is 17.6 Å². The van der Waals surface area contributed by atoms with Crippen LogP contribution in [0.4, 0.5) is 21.1 Å². The standard InChI is InChI=1S/C46H53N9O5/c1-2-3-15-40-54-41-42(36-13-7-8-14-38(36)53-43(41)48)55(40)28-32-18-16-31(17-19-32)27-51-46(59)60-29-33-20-22-35(23-21-33)52-44(57)34(12-9-24-50-45(49)58)26-39(56)37(47)25-30-10-5-4-6-11-30/h4-8,10-11,13-14,16-23,34,37H,2-3,9,12,15,24-29,47H2,1H3,(H2,48,53)(H,51,59)(H,52,57)(H3,49,50,58)/t34-,37+/m1/s1. The fourth-order valence-corrected chi connectivity index (χ4v) is 7.11. The lowest BCUT2D eigenvalue weighted by Gasteiger charge is -2.19. The molecule has 0 spiro atoms. The number of nitrogens with zero attached hydrogens (tertiary/aromatic N) is 3. The minimum Gasteiger partial charge on any atom is -0.445 e. The van der Waals surface area contributed by atoms with E-state index in [0.717, 1.165) is 69.3 Å². The molecule has 0 aliphatic rings. The number of rotatable bonds is 20. The third-order valence-electron chi connectivity index (χ3n) is 10.4. The maximum Gasteiger partial charge on any atom is 0.407 e. The zero-order chi connectivity index (χ0) is 42.4. The number of pyridine rings is 1. The molecule has 0 saturated heterocycles. The number of nitrogens with two attached hydrogens (primary N) is 3. The fraction of sp³-hybridized carbons (Fsp3) is 0.304. The van der Waals surface area contributed by atoms with Crippen LogP contribution in [0.3, 0.4) is 0 Å². The van der Waals surface area contributed by atoms with Gasteiger partial charge in [-0.05, 0) is 66.1 Å². The molecule has 2 atom stereocenters. The molecular formula is C46H53N9O5. The van der Waals surface area contributed by atoms with Crippen LogP contribution in [-0.4, -0.2) is 50.9 Å². The zero-order valence-corrected chi connectivity index (χ0v) is 33.9. The summed E-state index contributed by atoms with van der Waals surface area (Å²) in [5.74, 6) is 0.171. The first kappa shape index (κ1) is 42.8. The number of amides is 4. The van der Waals surface area contributed by atoms with Gasteiger partial charge < -0.3 is 42.5 Å². The molecule has 9 N–H and O–H groups in total. The van der Waals surface area contributed by atoms with Gasteiger partial charge in [-0.1, -0.05) is 98.3 Å². The summed E-state index contributed by atoms with van der Waals surface area (Å²) in [5, 5.41) is 9.22. The quantitative estimate of drug-likeness (QED) is 0.0462. The predicted molar refractivity (Wildman–Crippen MR) is 234 cm³/mol. The van der Waals surface area contributed by atoms with Gasteiger partial charge in [0, 0.05) is 49.5 Å². The van der Waals surface area contributed by atoms with Crippen LogP contribution in [0.5, 0.6) is 0 Å². The lowest BCUT2D eigenvalue weighted by molar-refractivity contribution is -0.127. The molecule has 2 heterocycles. The molecule has 6 aromatic rings. The number of carbonyl (C=O) groups is 4. The summed E-state index contributed by atoms with van der Waals surface area (Å²) >= 11 is 0. The van der Waals surface area contributed by atoms with Gasteiger partial charge in [-0.2, -0.15) is 0 Å². The van der Waals surface area contributed by atoms with Gasteiger partial charge in [-0.3, -0.25) is 9.59 Å². The second kappa shape index (κ2) is 20.8. The first-order valence-electron chi connectivity index (χ1n) is 20.3. The Bertz CT molecular complexity index is 2400. The van der Waals surface area contributed by atoms with Gasteiger partial charge in [0.25, 0.3) is 0 Å². The Morgan fingerprint density at radius 2 is 1.50 bits per heavy atom. The van der Waals surface area contributed by atoms with E-state index in [4.69, 9.17) is 26.9 Å². The molecule has 0 aliphatic carbocycles. The molecule has 0 aliphatic heterocycles. The van der Waals surface area contributed by atoms with Gasteiger partial charge in [-0.15, -0.1) is 0 Å². The number of benzene rings is 4. The molecule has 0 radical (unpaired) electrons. The lowest BCUT2D eigenvalue weighted by Crippen LogP contribution is -2.36. The number of imidazole rings is 1. The number of aryl methyl sites for hydroxylation is 1. The van der Waals surface area contributed by atoms with Crippen LogP contribution < -0.4 is 33.2 Å². The molecule has 0 unspecified atom stereocenters. The summed E-state index contributed by atoms with van der Waals surface area (Å²) in [4.78, 5) is 59.8. The predicted octanol–water partition coefficient (Wildman–Crippen LogP) is 6.52. The molecule has 312 valence electrons. The van der Waals surface area contributed by atoms with Crippen molar-refractivity contribution < 1.29 is 23.9 Å². The van der Waals surface area contributed by atoms with Crippen LogP contribution in [0, 0.1) is 5.92 Å². The highest BCUT2D eigenvalue weighted by Gasteiger charge is 2.25. The summed E-state index contributed by atoms with van der Waals surface area (Å²) in [6, 6.07) is 31.0. The molecule has 14 nitrogen and oxygen atoms in total. The SMILES string of the molecule is CCCCc1nc2c(N)nc3ccccc3c2n1Cc1ccc(CNC(=O)OCc2ccc(NC(=O)[C@H](CCCNC(N)=O)CC(=O)[C@@H](N)Cc3ccccc3)cc2)cc1. The number of para-hydroxylation sites is 1. The number of aromatic nitrogens is 3. The molecule has 60 heavy (non-hydrogen) atoms. The second-order valence-corrected chi connectivity index (χ2v) is 15.0. The fourth-order valence-electron chi connectivity index (χ4n) is 7.11. The molecule has 0 saturated carbocycles. The van der Waals surface area contributed by atoms with E-state index in [9.17, 15) is 19.2 Å². The van der Waals surface area contributed by atoms with Crippen LogP contribution in [0.25, 0.3) is 21.9 Å². The van der Waals surface area contributed by atoms with Crippen molar-refractivity contribution in [2.45, 2.75) is 77.6 Å². The van der Waals surface area contributed by atoms with Crippen molar-refractivity contribution in [3.8, 4) is 0 Å². The van der Waals surface area contributed by atoms with E-state index in [2.05, 4.69) is 38.5 Å². The summed E-state index contributed by atoms with van der Waals surface area (Å²) in [6.45, 7) is 3.36. The Labute approximate surface area is 349 Å². The number of nitrogens with one attached hydrogen (secondary N) is 3. The minimum absolute atomic E-state index is 0.0240. The first-order valence-corrected chi connectivity index (χ1v) is 20.3. The van der Waals surface area contributed by atoms with Crippen molar-refractivity contribution in [2.24, 2.45) is 17.4 Å². The van der Waals surface area contributed by atoms with Crippen molar-refractivity contribution in [1.29, 1.82) is 0 Å². The average Bonchev–Trinajstić information content (AvgIpc) is 3.62. The third-order valence-corrected chi connectivity index (χ3v) is 10.4. The smallest absolute Gasteiger partial charge is 0.407 e. The van der Waals surface area contributed by atoms with E-state index in [1.807, 2.05) is 72.8 Å². The number of unbranched alkanes of at least 4 members (excludes halogenated alkanes) is 1. The van der Waals surface area contributed by atoms with Crippen LogP contribution in [0.15, 0.2) is 103 Å². The number of hydrogen-bond donors (Lipinski definition) is 6. The van der Waals surface area contributed by atoms with Crippen LogP contribution >= 0.6 is 0 Å². The van der Waals surface area contributed by atoms with Gasteiger partial charge in [0.05, 0.1) is 17.1 Å². The van der Waals surface area contributed by atoms with Gasteiger partial charge >= 0.3 is 12.1 Å². The topological polar surface area (TPSA) is 222 Å². The monoisotopic (exact) mass is 811 g/mol. The average molecular weight is 812 g/mol. The third kappa shape index (κ3) is 11.7. The Hall–Kier alpha value is -6.80. The van der Waals surface area contributed by atoms with Crippen molar-refractivity contribution >= 4 is 57.3 Å². The number of anilines is 2. The number of hydrogen-bond acceptors (Lipinski definition) is 9. The highest BCUT2D eigenvalue weighted by Crippen LogP contribution is 2.30. The Morgan fingerprint density at radius 1 is 0.800 bits per heavy atom. The number of ketones is 1. The number of urea groups is 1. The maximum absolute atomic E-state index is 13.4. The number of carbonyl (C=O) groups excluding carboxylic acids is 4. The highest BCUT2D eigenvalue weighted by molar-refractivity contribution is 6.06. The van der Waals surface area contributed by atoms with Crippen molar-refractivity contribution in [3.05, 3.63) is 131 Å². The zero-order valence-electron chi connectivity index (χ0n) is 33.9. The van der Waals surface area contributed by atoms with Gasteiger partial charge in [0.2, 0.25) is 5.91 Å². The number of fused-ring (bicyclic) bond motifs is 3. The minimum atomic E-state index is -0.757. The van der Waals surface area contributed by atoms with Crippen molar-refractivity contribution in [3.63, 3.8) is 0 Å². The van der Waals surface area contributed by atoms with E-state index < -0.39 is 24.1 Å². The summed E-state index contributed by atoms with van der Waals surface area (Å²) in [7, 11) is 0. The van der Waals surface area contributed by atoms with Gasteiger partial charge in [0.15, 0.2) is 11.6 Å². The Kier molecular flexibility index (Phi) is 14.8. The maximum atomic E-state index is 13.4. The number of Topliss-reactive ketones (excluding diaryl/α,β-unsaturated/α-hetero) is 1. The molecule has 2 aromatic heterocycles. The first-order chi connectivity index (χ1) is 29.1. The number of alkyl carbamates (subject to hydrolysis) is 1. The summed E-state index contributed by atoms with van der Waals surface area (Å²) in [5.41, 5.74) is 24.5. The molecule has 0 bridgehead atoms. The number of nitrogen functional groups attached to an aromatic ring is 1. The molecule has 4 amide bonds. The molecule has 0 fully saturated rings. The molecule has 14 heteroatoms. The van der Waals surface area contributed by atoms with E-state index in [-0.39, 0.29) is 37.8 Å². The van der Waals surface area contributed by atoms with Gasteiger partial charge in [-0.25, -0.2) is 19.6 Å². The highest BCUT2D eigenvalue weighted by atomic mass is 16.5. The number of primary amides is 1. The van der Waals surface area contributed by atoms with Gasteiger partial charge in [0.1, 0.15) is 17.9 Å². The largest absolute Gasteiger partial charge is 0.445 e. The number of ether oxygens (including phenoxy) is 1. The van der Waals surface area contributed by atoms with E-state index in [1.165, 1.54) is 0 Å². The normalized spacial score (nSPS) is 12.2. The van der Waals surface area contributed by atoms with E-state index >= 15 is 0 Å². The molecule has 4 aromatic carbocycles. The Morgan fingerprint density at radius 3 is 2.23 bits per heavy atom. The van der Waals surface area contributed by atoms with Crippen molar-refractivity contribution in [1.82, 2.24) is 25.2 Å². The van der Waals surface area contributed by atoms with Crippen LogP contribution in [-0.2, 0) is 46.9 Å². The Balaban J connectivity index is 0.993. The second-order valence-electron chi connectivity index (χ2n) is 15.0. The van der Waals surface area contributed by atoms with E-state index in [1.54, 1.807) is 24.3 Å². The summed E-state index contributed by atoms with van der Waals surface area (Å²) < 4.78 is 7.71. The summed E-state index contributed by atoms with van der Waals surface area (Å²) in [6.07, 6.45) is 3.44. The van der Waals surface area contributed by atoms with Crippen LogP contribution in [0.1, 0.15) is 67.1 Å².